The van der Waals surface area contributed by atoms with E-state index in [4.69, 9.17) is 0 Å². The van der Waals surface area contributed by atoms with Crippen LogP contribution in [0, 0.1) is 56.2 Å². The number of aryl methyl sites for hydroxylation is 1. The van der Waals surface area contributed by atoms with Gasteiger partial charge in [0.2, 0.25) is 0 Å². The summed E-state index contributed by atoms with van der Waals surface area (Å²) in [6.45, 7) is 2.07. The van der Waals surface area contributed by atoms with Crippen LogP contribution in [-0.2, 0) is 51.3 Å². The molecule has 2 aromatic rings. The second-order valence-electron chi connectivity index (χ2n) is 2.92. The number of benzene rings is 2. The Morgan fingerprint density at radius 1 is 0.938 bits per heavy atom. The van der Waals surface area contributed by atoms with Crippen molar-refractivity contribution in [2.45, 2.75) is 6.92 Å². The monoisotopic (exact) mass is 543 g/mol. The SMILES string of the molecule is Cc1ccc[c-]c1-c1[c-]ccc[c-]1.[U].[V].[Y]. The second kappa shape index (κ2) is 10.1. The normalized spacial score (nSPS) is 8.06. The summed E-state index contributed by atoms with van der Waals surface area (Å²) in [5, 5.41) is 0. The number of hydrogen-bond acceptors (Lipinski definition) is 0. The van der Waals surface area contributed by atoms with Crippen molar-refractivity contribution in [3.8, 4) is 11.1 Å². The van der Waals surface area contributed by atoms with E-state index in [2.05, 4.69) is 31.2 Å². The minimum atomic E-state index is 0. The van der Waals surface area contributed by atoms with E-state index in [9.17, 15) is 0 Å². The van der Waals surface area contributed by atoms with E-state index in [1.165, 1.54) is 5.56 Å². The molecule has 2 aromatic carbocycles. The Balaban J connectivity index is 0. The first-order chi connectivity index (χ1) is 6.38. The predicted molar refractivity (Wildman–Crippen MR) is 53.1 cm³/mol. The molecular weight excluding hydrogens is 534 g/mol. The van der Waals surface area contributed by atoms with Crippen LogP contribution >= 0.6 is 0 Å². The van der Waals surface area contributed by atoms with Crippen molar-refractivity contribution in [3.63, 3.8) is 0 Å². The topological polar surface area (TPSA) is 0 Å². The largest absolute Gasteiger partial charge is 0.370 e. The van der Waals surface area contributed by atoms with Crippen LogP contribution in [0.4, 0.5) is 0 Å². The molecule has 0 amide bonds. The summed E-state index contributed by atoms with van der Waals surface area (Å²) in [5.41, 5.74) is 3.28. The number of rotatable bonds is 1. The summed E-state index contributed by atoms with van der Waals surface area (Å²) in [6, 6.07) is 21.1. The standard InChI is InChI=1S/C13H9.U.V.Y/c1-11-7-5-6-10-13(11)12-8-3-2-4-9-12;;;/h2-7H,1H3;;;/q-3;;;. The van der Waals surface area contributed by atoms with Gasteiger partial charge in [-0.15, -0.1) is 6.07 Å². The fourth-order valence-electron chi connectivity index (χ4n) is 1.29. The van der Waals surface area contributed by atoms with Crippen LogP contribution in [0.15, 0.2) is 36.4 Å². The minimum Gasteiger partial charge on any atom is -0.370 e. The molecule has 2 rings (SSSR count). The Bertz CT molecular complexity index is 404. The molecule has 3 heteroatoms. The van der Waals surface area contributed by atoms with Gasteiger partial charge in [0.1, 0.15) is 0 Å². The quantitative estimate of drug-likeness (QED) is 0.486. The van der Waals surface area contributed by atoms with Gasteiger partial charge >= 0.3 is 0 Å². The van der Waals surface area contributed by atoms with Gasteiger partial charge in [-0.3, -0.25) is 0 Å². The Labute approximate surface area is 158 Å². The smallest absolute Gasteiger partial charge is 0 e. The summed E-state index contributed by atoms with van der Waals surface area (Å²) in [4.78, 5) is 0. The van der Waals surface area contributed by atoms with Crippen molar-refractivity contribution in [3.05, 3.63) is 60.2 Å². The molecule has 0 aliphatic carbocycles. The van der Waals surface area contributed by atoms with Crippen LogP contribution in [0.1, 0.15) is 5.56 Å². The van der Waals surface area contributed by atoms with Gasteiger partial charge in [0, 0.05) is 82.4 Å². The average molecular weight is 543 g/mol. The third-order valence-corrected chi connectivity index (χ3v) is 1.96. The third-order valence-electron chi connectivity index (χ3n) is 1.96. The summed E-state index contributed by atoms with van der Waals surface area (Å²) in [7, 11) is 0. The van der Waals surface area contributed by atoms with E-state index in [0.29, 0.717) is 0 Å². The first-order valence-corrected chi connectivity index (χ1v) is 4.24. The predicted octanol–water partition coefficient (Wildman–Crippen LogP) is 3.06. The van der Waals surface area contributed by atoms with Gasteiger partial charge in [-0.1, -0.05) is 6.92 Å². The van der Waals surface area contributed by atoms with E-state index >= 15 is 0 Å². The van der Waals surface area contributed by atoms with Crippen molar-refractivity contribution in [1.82, 2.24) is 0 Å². The molecule has 16 heavy (non-hydrogen) atoms. The second-order valence-corrected chi connectivity index (χ2v) is 2.92. The van der Waals surface area contributed by atoms with Gasteiger partial charge in [0.05, 0.1) is 0 Å². The van der Waals surface area contributed by atoms with Crippen molar-refractivity contribution < 1.29 is 82.4 Å². The molecule has 2 radical (unpaired) electrons. The zero-order chi connectivity index (χ0) is 9.10. The van der Waals surface area contributed by atoms with E-state index < -0.39 is 0 Å². The van der Waals surface area contributed by atoms with E-state index in [1.54, 1.807) is 0 Å². The molecule has 0 saturated carbocycles. The molecule has 0 heterocycles. The van der Waals surface area contributed by atoms with Gasteiger partial charge in [-0.2, -0.15) is 12.1 Å². The van der Waals surface area contributed by atoms with Gasteiger partial charge in [0.25, 0.3) is 0 Å². The first-order valence-electron chi connectivity index (χ1n) is 4.24. The minimum absolute atomic E-state index is 0. The molecule has 0 saturated heterocycles. The maximum Gasteiger partial charge on any atom is 0 e. The van der Waals surface area contributed by atoms with Crippen LogP contribution in [0.3, 0.4) is 0 Å². The van der Waals surface area contributed by atoms with Crippen LogP contribution in [0.5, 0.6) is 0 Å². The van der Waals surface area contributed by atoms with Crippen LogP contribution < -0.4 is 0 Å². The Kier molecular flexibility index (Phi) is 12.4. The Morgan fingerprint density at radius 2 is 1.50 bits per heavy atom. The van der Waals surface area contributed by atoms with Crippen LogP contribution in [0.25, 0.3) is 11.1 Å². The van der Waals surface area contributed by atoms with Crippen molar-refractivity contribution in [1.29, 1.82) is 0 Å². The average Bonchev–Trinajstić information content (AvgIpc) is 2.20. The van der Waals surface area contributed by atoms with Crippen LogP contribution in [0.2, 0.25) is 0 Å². The van der Waals surface area contributed by atoms with Crippen LogP contribution in [-0.4, -0.2) is 0 Å². The third kappa shape index (κ3) is 5.22. The molecule has 0 spiro atoms. The molecule has 0 N–H and O–H groups in total. The van der Waals surface area contributed by atoms with E-state index in [0.717, 1.165) is 11.1 Å². The molecule has 0 aliphatic rings. The maximum absolute atomic E-state index is 3.19. The van der Waals surface area contributed by atoms with Gasteiger partial charge in [-0.05, 0) is 0 Å². The Hall–Kier alpha value is 1.18. The zero-order valence-corrected chi connectivity index (χ0v) is 17.4. The maximum atomic E-state index is 3.19. The fourth-order valence-corrected chi connectivity index (χ4v) is 1.29. The molecule has 0 bridgehead atoms. The van der Waals surface area contributed by atoms with E-state index in [-0.39, 0.29) is 82.4 Å². The summed E-state index contributed by atoms with van der Waals surface area (Å²) >= 11 is 0. The molecule has 0 fully saturated rings. The Morgan fingerprint density at radius 3 is 2.06 bits per heavy atom. The van der Waals surface area contributed by atoms with Gasteiger partial charge in [-0.25, -0.2) is 29.8 Å². The summed E-state index contributed by atoms with van der Waals surface area (Å²) < 4.78 is 0. The molecule has 76 valence electrons. The molecule has 0 aromatic heterocycles. The molecule has 0 unspecified atom stereocenters. The van der Waals surface area contributed by atoms with Crippen molar-refractivity contribution in [2.24, 2.45) is 0 Å². The summed E-state index contributed by atoms with van der Waals surface area (Å²) in [5.74, 6) is 0. The van der Waals surface area contributed by atoms with Gasteiger partial charge in [0.15, 0.2) is 0 Å². The zero-order valence-electron chi connectivity index (χ0n) is 8.99. The van der Waals surface area contributed by atoms with Gasteiger partial charge < -0.3 is 23.3 Å². The molecule has 0 atom stereocenters. The number of hydrogen-bond donors (Lipinski definition) is 0. The van der Waals surface area contributed by atoms with E-state index in [1.807, 2.05) is 30.3 Å². The van der Waals surface area contributed by atoms with Crippen molar-refractivity contribution in [2.75, 3.05) is 0 Å². The summed E-state index contributed by atoms with van der Waals surface area (Å²) in [6.07, 6.45) is 0. The fraction of sp³-hybridized carbons (Fsp3) is 0.0769. The molecular formula is C13H9UVY-3. The van der Waals surface area contributed by atoms with Crippen molar-refractivity contribution >= 4 is 0 Å². The first kappa shape index (κ1) is 19.5. The molecule has 0 aliphatic heterocycles. The molecule has 0 nitrogen and oxygen atoms in total.